The highest BCUT2D eigenvalue weighted by Crippen LogP contribution is 2.17. The van der Waals surface area contributed by atoms with Gasteiger partial charge in [0.15, 0.2) is 11.6 Å². The molecule has 25 heavy (non-hydrogen) atoms. The lowest BCUT2D eigenvalue weighted by Gasteiger charge is -2.15. The highest BCUT2D eigenvalue weighted by Gasteiger charge is 2.10. The van der Waals surface area contributed by atoms with Crippen LogP contribution in [0.4, 0.5) is 8.78 Å². The van der Waals surface area contributed by atoms with E-state index in [2.05, 4.69) is 5.32 Å². The molecule has 1 N–H and O–H groups in total. The van der Waals surface area contributed by atoms with Crippen molar-refractivity contribution >= 4 is 17.5 Å². The molecule has 1 amide bonds. The van der Waals surface area contributed by atoms with Crippen LogP contribution in [0.15, 0.2) is 42.5 Å². The summed E-state index contributed by atoms with van der Waals surface area (Å²) in [4.78, 5) is 11.9. The fraction of sp³-hybridized carbons (Fsp3) is 0.316. The van der Waals surface area contributed by atoms with Crippen molar-refractivity contribution < 1.29 is 18.3 Å². The van der Waals surface area contributed by atoms with Crippen LogP contribution in [0.5, 0.6) is 5.75 Å². The van der Waals surface area contributed by atoms with E-state index in [9.17, 15) is 13.6 Å². The van der Waals surface area contributed by atoms with Gasteiger partial charge in [0.1, 0.15) is 12.4 Å². The Morgan fingerprint density at radius 3 is 2.60 bits per heavy atom. The van der Waals surface area contributed by atoms with E-state index in [4.69, 9.17) is 16.3 Å². The maximum absolute atomic E-state index is 13.5. The summed E-state index contributed by atoms with van der Waals surface area (Å²) in [6, 6.07) is 10.4. The predicted molar refractivity (Wildman–Crippen MR) is 93.8 cm³/mol. The fourth-order valence-corrected chi connectivity index (χ4v) is 2.43. The number of benzene rings is 2. The van der Waals surface area contributed by atoms with Gasteiger partial charge in [-0.2, -0.15) is 0 Å². The first-order valence-corrected chi connectivity index (χ1v) is 8.43. The average molecular weight is 368 g/mol. The second kappa shape index (κ2) is 9.37. The zero-order chi connectivity index (χ0) is 18.2. The lowest BCUT2D eigenvalue weighted by atomic mass is 10.1. The van der Waals surface area contributed by atoms with Gasteiger partial charge < -0.3 is 10.1 Å². The summed E-state index contributed by atoms with van der Waals surface area (Å²) in [7, 11) is 0. The molecule has 0 heterocycles. The lowest BCUT2D eigenvalue weighted by Crippen LogP contribution is -2.36. The van der Waals surface area contributed by atoms with Crippen molar-refractivity contribution in [2.24, 2.45) is 0 Å². The number of halogens is 3. The molecule has 134 valence electrons. The Labute approximate surface area is 151 Å². The minimum atomic E-state index is -0.763. The molecule has 0 spiro atoms. The van der Waals surface area contributed by atoms with Crippen molar-refractivity contribution in [2.75, 3.05) is 6.61 Å². The van der Waals surface area contributed by atoms with Gasteiger partial charge in [-0.05, 0) is 49.6 Å². The lowest BCUT2D eigenvalue weighted by molar-refractivity contribution is -0.122. The Morgan fingerprint density at radius 2 is 1.92 bits per heavy atom. The molecule has 6 heteroatoms. The Kier molecular flexibility index (Phi) is 7.19. The molecule has 0 bridgehead atoms. The van der Waals surface area contributed by atoms with Crippen molar-refractivity contribution in [1.82, 2.24) is 5.32 Å². The number of aryl methyl sites for hydroxylation is 1. The summed E-state index contributed by atoms with van der Waals surface area (Å²) in [5.41, 5.74) is 1.13. The Morgan fingerprint density at radius 1 is 1.20 bits per heavy atom. The number of carbonyl (C=O) groups is 1. The first-order chi connectivity index (χ1) is 11.9. The molecule has 0 aliphatic heterocycles. The molecule has 2 rings (SSSR count). The van der Waals surface area contributed by atoms with Crippen molar-refractivity contribution in [1.29, 1.82) is 0 Å². The average Bonchev–Trinajstić information content (AvgIpc) is 2.56. The van der Waals surface area contributed by atoms with E-state index in [1.807, 2.05) is 24.3 Å². The van der Waals surface area contributed by atoms with E-state index in [0.29, 0.717) is 17.9 Å². The monoisotopic (exact) mass is 367 g/mol. The molecule has 0 aromatic heterocycles. The maximum Gasteiger partial charge on any atom is 0.220 e. The number of hydrogen-bond acceptors (Lipinski definition) is 2. The molecular weight excluding hydrogens is 348 g/mol. The van der Waals surface area contributed by atoms with Crippen LogP contribution < -0.4 is 10.1 Å². The smallest absolute Gasteiger partial charge is 0.220 e. The van der Waals surface area contributed by atoms with Crippen LogP contribution >= 0.6 is 11.6 Å². The van der Waals surface area contributed by atoms with E-state index in [-0.39, 0.29) is 24.3 Å². The zero-order valence-corrected chi connectivity index (χ0v) is 14.7. The summed E-state index contributed by atoms with van der Waals surface area (Å²) < 4.78 is 31.5. The topological polar surface area (TPSA) is 38.3 Å². The summed E-state index contributed by atoms with van der Waals surface area (Å²) in [6.45, 7) is 1.87. The third-order valence-electron chi connectivity index (χ3n) is 3.57. The maximum atomic E-state index is 13.5. The number of hydrogen-bond donors (Lipinski definition) is 1. The molecule has 1 atom stereocenters. The quantitative estimate of drug-likeness (QED) is 0.744. The van der Waals surface area contributed by atoms with Crippen LogP contribution in [0.3, 0.4) is 0 Å². The van der Waals surface area contributed by atoms with E-state index in [0.717, 1.165) is 24.1 Å². The van der Waals surface area contributed by atoms with Crippen molar-refractivity contribution in [3.05, 3.63) is 64.7 Å². The second-order valence-electron chi connectivity index (χ2n) is 5.83. The molecule has 0 saturated heterocycles. The van der Waals surface area contributed by atoms with Gasteiger partial charge >= 0.3 is 0 Å². The highest BCUT2D eigenvalue weighted by atomic mass is 35.5. The highest BCUT2D eigenvalue weighted by molar-refractivity contribution is 6.30. The van der Waals surface area contributed by atoms with E-state index in [1.165, 1.54) is 6.07 Å². The summed E-state index contributed by atoms with van der Waals surface area (Å²) in [5, 5.41) is 3.48. The fourth-order valence-electron chi connectivity index (χ4n) is 2.30. The van der Waals surface area contributed by atoms with Gasteiger partial charge in [-0.25, -0.2) is 8.78 Å². The van der Waals surface area contributed by atoms with Crippen LogP contribution in [0, 0.1) is 11.6 Å². The first kappa shape index (κ1) is 19.2. The van der Waals surface area contributed by atoms with E-state index < -0.39 is 11.6 Å². The molecule has 0 radical (unpaired) electrons. The van der Waals surface area contributed by atoms with Gasteiger partial charge in [0.05, 0.1) is 6.04 Å². The summed E-state index contributed by atoms with van der Waals surface area (Å²) in [6.07, 6.45) is 1.89. The summed E-state index contributed by atoms with van der Waals surface area (Å²) >= 11 is 5.83. The van der Waals surface area contributed by atoms with Crippen LogP contribution in [-0.2, 0) is 11.2 Å². The molecule has 3 nitrogen and oxygen atoms in total. The Bertz CT molecular complexity index is 707. The molecular formula is C19H20ClF2NO2. The SMILES string of the molecule is CC(COc1ccc(F)cc1F)NC(=O)CCCc1ccc(Cl)cc1. The van der Waals surface area contributed by atoms with Crippen molar-refractivity contribution in [3.63, 3.8) is 0 Å². The standard InChI is InChI=1S/C19H20ClF2NO2/c1-13(12-25-18-10-9-16(21)11-17(18)22)23-19(24)4-2-3-14-5-7-15(20)8-6-14/h5-11,13H,2-4,12H2,1H3,(H,23,24). The third-order valence-corrected chi connectivity index (χ3v) is 3.82. The first-order valence-electron chi connectivity index (χ1n) is 8.05. The number of rotatable bonds is 8. The molecule has 1 unspecified atom stereocenters. The largest absolute Gasteiger partial charge is 0.488 e. The Balaban J connectivity index is 1.68. The van der Waals surface area contributed by atoms with Crippen molar-refractivity contribution in [3.8, 4) is 5.75 Å². The van der Waals surface area contributed by atoms with Gasteiger partial charge in [0.2, 0.25) is 5.91 Å². The molecule has 2 aromatic carbocycles. The number of nitrogens with one attached hydrogen (secondary N) is 1. The van der Waals surface area contributed by atoms with Crippen LogP contribution in [0.2, 0.25) is 5.02 Å². The molecule has 0 aliphatic rings. The number of ether oxygens (including phenoxy) is 1. The van der Waals surface area contributed by atoms with Crippen LogP contribution in [-0.4, -0.2) is 18.6 Å². The van der Waals surface area contributed by atoms with Gasteiger partial charge in [-0.15, -0.1) is 0 Å². The van der Waals surface area contributed by atoms with Gasteiger partial charge in [-0.3, -0.25) is 4.79 Å². The molecule has 2 aromatic rings. The Hall–Kier alpha value is -2.14. The van der Waals surface area contributed by atoms with Crippen LogP contribution in [0.25, 0.3) is 0 Å². The van der Waals surface area contributed by atoms with E-state index in [1.54, 1.807) is 6.92 Å². The predicted octanol–water partition coefficient (Wildman–Crippen LogP) is 4.52. The number of amides is 1. The minimum absolute atomic E-state index is 0.0368. The number of carbonyl (C=O) groups excluding carboxylic acids is 1. The van der Waals surface area contributed by atoms with Gasteiger partial charge in [0.25, 0.3) is 0 Å². The molecule has 0 fully saturated rings. The second-order valence-corrected chi connectivity index (χ2v) is 6.27. The third kappa shape index (κ3) is 6.70. The van der Waals surface area contributed by atoms with Crippen LogP contribution in [0.1, 0.15) is 25.3 Å². The molecule has 0 aliphatic carbocycles. The summed E-state index contributed by atoms with van der Waals surface area (Å²) in [5.74, 6) is -1.55. The van der Waals surface area contributed by atoms with Crippen molar-refractivity contribution in [2.45, 2.75) is 32.2 Å². The van der Waals surface area contributed by atoms with Gasteiger partial charge in [-0.1, -0.05) is 23.7 Å². The van der Waals surface area contributed by atoms with Gasteiger partial charge in [0, 0.05) is 17.5 Å². The van der Waals surface area contributed by atoms with E-state index >= 15 is 0 Å². The normalized spacial score (nSPS) is 11.8. The zero-order valence-electron chi connectivity index (χ0n) is 13.9. The minimum Gasteiger partial charge on any atom is -0.488 e. The molecule has 0 saturated carbocycles.